The molecule has 0 aliphatic carbocycles. The number of benzene rings is 3. The van der Waals surface area contributed by atoms with Crippen molar-refractivity contribution in [1.29, 1.82) is 5.26 Å². The van der Waals surface area contributed by atoms with Crippen molar-refractivity contribution in [1.82, 2.24) is 15.2 Å². The molecule has 0 saturated carbocycles. The molecule has 0 unspecified atom stereocenters. The van der Waals surface area contributed by atoms with Crippen molar-refractivity contribution in [3.63, 3.8) is 0 Å². The highest BCUT2D eigenvalue weighted by atomic mass is 16.1. The fourth-order valence-corrected chi connectivity index (χ4v) is 2.72. The van der Waals surface area contributed by atoms with Gasteiger partial charge in [-0.25, -0.2) is 4.98 Å². The van der Waals surface area contributed by atoms with Gasteiger partial charge in [0, 0.05) is 16.7 Å². The van der Waals surface area contributed by atoms with Crippen LogP contribution in [0.25, 0.3) is 22.4 Å². The maximum Gasteiger partial charge on any atom is 0.193 e. The molecule has 0 saturated heterocycles. The van der Waals surface area contributed by atoms with Gasteiger partial charge in [-0.1, -0.05) is 36.4 Å². The minimum absolute atomic E-state index is 0.151. The summed E-state index contributed by atoms with van der Waals surface area (Å²) in [6.07, 6.45) is 0. The Balaban J connectivity index is 1.80. The van der Waals surface area contributed by atoms with Crippen LogP contribution in [0.4, 0.5) is 0 Å². The van der Waals surface area contributed by atoms with Crippen molar-refractivity contribution in [3.8, 4) is 17.5 Å². The zero-order chi connectivity index (χ0) is 17.9. The van der Waals surface area contributed by atoms with Crippen molar-refractivity contribution in [3.05, 3.63) is 89.5 Å². The van der Waals surface area contributed by atoms with Crippen molar-refractivity contribution >= 4 is 16.8 Å². The minimum atomic E-state index is -0.151. The van der Waals surface area contributed by atoms with Gasteiger partial charge in [-0.05, 0) is 36.4 Å². The van der Waals surface area contributed by atoms with E-state index in [1.165, 1.54) is 0 Å². The number of para-hydroxylation sites is 1. The van der Waals surface area contributed by atoms with E-state index in [1.54, 1.807) is 36.4 Å². The number of rotatable bonds is 3. The molecule has 0 fully saturated rings. The van der Waals surface area contributed by atoms with Crippen LogP contribution in [0.3, 0.4) is 0 Å². The van der Waals surface area contributed by atoms with Crippen LogP contribution < -0.4 is 0 Å². The fourth-order valence-electron chi connectivity index (χ4n) is 2.72. The first-order valence-corrected chi connectivity index (χ1v) is 8.00. The number of hydrogen-bond acceptors (Lipinski definition) is 5. The van der Waals surface area contributed by atoms with Gasteiger partial charge in [-0.2, -0.15) is 5.26 Å². The standard InChI is InChI=1S/C21H12N4O/c22-13-14-9-11-15(12-10-14)20(26)16-5-1-2-6-17(16)21-23-18-7-3-4-8-19(18)24-25-21/h1-12H. The molecular formula is C21H12N4O. The Morgan fingerprint density at radius 2 is 1.50 bits per heavy atom. The summed E-state index contributed by atoms with van der Waals surface area (Å²) in [6, 6.07) is 23.3. The Labute approximate surface area is 149 Å². The van der Waals surface area contributed by atoms with Crippen LogP contribution in [0.1, 0.15) is 21.5 Å². The molecule has 5 nitrogen and oxygen atoms in total. The molecule has 0 spiro atoms. The molecular weight excluding hydrogens is 324 g/mol. The zero-order valence-corrected chi connectivity index (χ0v) is 13.6. The number of fused-ring (bicyclic) bond motifs is 1. The summed E-state index contributed by atoms with van der Waals surface area (Å²) in [5, 5.41) is 17.3. The van der Waals surface area contributed by atoms with Crippen LogP contribution in [0.5, 0.6) is 0 Å². The summed E-state index contributed by atoms with van der Waals surface area (Å²) < 4.78 is 0. The molecule has 1 heterocycles. The van der Waals surface area contributed by atoms with Crippen molar-refractivity contribution in [2.24, 2.45) is 0 Å². The van der Waals surface area contributed by atoms with Gasteiger partial charge in [0.15, 0.2) is 11.6 Å². The lowest BCUT2D eigenvalue weighted by Crippen LogP contribution is -2.05. The number of carbonyl (C=O) groups is 1. The molecule has 4 aromatic rings. The highest BCUT2D eigenvalue weighted by Crippen LogP contribution is 2.24. The van der Waals surface area contributed by atoms with Crippen LogP contribution in [0, 0.1) is 11.3 Å². The Hall–Kier alpha value is -3.91. The molecule has 0 atom stereocenters. The number of hydrogen-bond donors (Lipinski definition) is 0. The summed E-state index contributed by atoms with van der Waals surface area (Å²) in [6.45, 7) is 0. The van der Waals surface area contributed by atoms with E-state index in [-0.39, 0.29) is 5.78 Å². The Morgan fingerprint density at radius 1 is 0.808 bits per heavy atom. The smallest absolute Gasteiger partial charge is 0.193 e. The Bertz CT molecular complexity index is 1160. The SMILES string of the molecule is N#Cc1ccc(C(=O)c2ccccc2-c2nnc3ccccc3n2)cc1. The van der Waals surface area contributed by atoms with Gasteiger partial charge in [0.25, 0.3) is 0 Å². The maximum atomic E-state index is 12.9. The molecule has 0 radical (unpaired) electrons. The predicted octanol–water partition coefficient (Wildman–Crippen LogP) is 3.79. The predicted molar refractivity (Wildman–Crippen MR) is 97.4 cm³/mol. The highest BCUT2D eigenvalue weighted by molar-refractivity contribution is 6.12. The average Bonchev–Trinajstić information content (AvgIpc) is 2.73. The number of nitrogens with zero attached hydrogens (tertiary/aromatic N) is 4. The third kappa shape index (κ3) is 2.80. The number of nitriles is 1. The Morgan fingerprint density at radius 3 is 2.27 bits per heavy atom. The molecule has 26 heavy (non-hydrogen) atoms. The average molecular weight is 336 g/mol. The largest absolute Gasteiger partial charge is 0.289 e. The normalized spacial score (nSPS) is 10.4. The molecule has 0 aliphatic heterocycles. The van der Waals surface area contributed by atoms with Gasteiger partial charge in [0.1, 0.15) is 5.52 Å². The van der Waals surface area contributed by atoms with E-state index in [1.807, 2.05) is 42.5 Å². The molecule has 5 heteroatoms. The van der Waals surface area contributed by atoms with Crippen LogP contribution in [0.15, 0.2) is 72.8 Å². The van der Waals surface area contributed by atoms with E-state index in [0.717, 1.165) is 5.52 Å². The number of aromatic nitrogens is 3. The van der Waals surface area contributed by atoms with E-state index in [0.29, 0.717) is 33.6 Å². The van der Waals surface area contributed by atoms with Crippen molar-refractivity contribution in [2.75, 3.05) is 0 Å². The number of ketones is 1. The minimum Gasteiger partial charge on any atom is -0.289 e. The Kier molecular flexibility index (Phi) is 3.92. The van der Waals surface area contributed by atoms with Crippen LogP contribution in [-0.4, -0.2) is 21.0 Å². The topological polar surface area (TPSA) is 79.5 Å². The molecule has 1 aromatic heterocycles. The molecule has 4 rings (SSSR count). The second-order valence-electron chi connectivity index (χ2n) is 5.69. The van der Waals surface area contributed by atoms with Crippen LogP contribution in [-0.2, 0) is 0 Å². The molecule has 3 aromatic carbocycles. The highest BCUT2D eigenvalue weighted by Gasteiger charge is 2.16. The van der Waals surface area contributed by atoms with E-state index in [9.17, 15) is 4.79 Å². The van der Waals surface area contributed by atoms with Gasteiger partial charge in [-0.15, -0.1) is 10.2 Å². The first-order chi connectivity index (χ1) is 12.8. The summed E-state index contributed by atoms with van der Waals surface area (Å²) >= 11 is 0. The van der Waals surface area contributed by atoms with Gasteiger partial charge in [0.05, 0.1) is 17.1 Å². The van der Waals surface area contributed by atoms with E-state index < -0.39 is 0 Å². The van der Waals surface area contributed by atoms with Crippen molar-refractivity contribution < 1.29 is 4.79 Å². The summed E-state index contributed by atoms with van der Waals surface area (Å²) in [5.41, 5.74) is 3.56. The lowest BCUT2D eigenvalue weighted by Gasteiger charge is -2.08. The van der Waals surface area contributed by atoms with Gasteiger partial charge < -0.3 is 0 Å². The number of carbonyl (C=O) groups excluding carboxylic acids is 1. The summed E-state index contributed by atoms with van der Waals surface area (Å²) in [5.74, 6) is 0.253. The van der Waals surface area contributed by atoms with Crippen LogP contribution in [0.2, 0.25) is 0 Å². The molecule has 0 N–H and O–H groups in total. The lowest BCUT2D eigenvalue weighted by atomic mass is 9.97. The van der Waals surface area contributed by atoms with Gasteiger partial charge in [-0.3, -0.25) is 4.79 Å². The summed E-state index contributed by atoms with van der Waals surface area (Å²) in [7, 11) is 0. The summed E-state index contributed by atoms with van der Waals surface area (Å²) in [4.78, 5) is 17.5. The fraction of sp³-hybridized carbons (Fsp3) is 0. The molecule has 122 valence electrons. The second-order valence-corrected chi connectivity index (χ2v) is 5.69. The van der Waals surface area contributed by atoms with E-state index >= 15 is 0 Å². The second kappa shape index (κ2) is 6.54. The van der Waals surface area contributed by atoms with Gasteiger partial charge >= 0.3 is 0 Å². The quantitative estimate of drug-likeness (QED) is 0.532. The molecule has 0 aliphatic rings. The van der Waals surface area contributed by atoms with Gasteiger partial charge in [0.2, 0.25) is 0 Å². The lowest BCUT2D eigenvalue weighted by molar-refractivity contribution is 0.103. The molecule has 0 bridgehead atoms. The third-order valence-electron chi connectivity index (χ3n) is 4.05. The van der Waals surface area contributed by atoms with Crippen LogP contribution >= 0.6 is 0 Å². The zero-order valence-electron chi connectivity index (χ0n) is 13.6. The first kappa shape index (κ1) is 15.6. The van der Waals surface area contributed by atoms with E-state index in [4.69, 9.17) is 5.26 Å². The monoisotopic (exact) mass is 336 g/mol. The molecule has 0 amide bonds. The third-order valence-corrected chi connectivity index (χ3v) is 4.05. The van der Waals surface area contributed by atoms with E-state index in [2.05, 4.69) is 15.2 Å². The van der Waals surface area contributed by atoms with Crippen molar-refractivity contribution in [2.45, 2.75) is 0 Å². The maximum absolute atomic E-state index is 12.9. The first-order valence-electron chi connectivity index (χ1n) is 8.00.